The molecule has 3 nitrogen and oxygen atoms in total. The lowest BCUT2D eigenvalue weighted by atomic mass is 9.85. The Balaban J connectivity index is 1.78. The average molecular weight is 310 g/mol. The molecule has 4 heteroatoms. The number of aromatic nitrogens is 2. The molecule has 0 radical (unpaired) electrons. The van der Waals surface area contributed by atoms with Gasteiger partial charge in [0.05, 0.1) is 16.9 Å². The van der Waals surface area contributed by atoms with E-state index in [1.54, 1.807) is 0 Å². The summed E-state index contributed by atoms with van der Waals surface area (Å²) in [6, 6.07) is 0.796. The molecule has 0 aliphatic heterocycles. The molecule has 3 rings (SSSR count). The molecule has 21 heavy (non-hydrogen) atoms. The molecule has 2 aliphatic rings. The van der Waals surface area contributed by atoms with Gasteiger partial charge in [0, 0.05) is 18.5 Å². The van der Waals surface area contributed by atoms with Crippen LogP contribution in [0.15, 0.2) is 6.20 Å². The highest BCUT2D eigenvalue weighted by atomic mass is 35.5. The van der Waals surface area contributed by atoms with Gasteiger partial charge in [-0.05, 0) is 44.6 Å². The molecular weight excluding hydrogens is 282 g/mol. The van der Waals surface area contributed by atoms with E-state index in [9.17, 15) is 0 Å². The third-order valence-corrected chi connectivity index (χ3v) is 5.32. The van der Waals surface area contributed by atoms with E-state index < -0.39 is 0 Å². The van der Waals surface area contributed by atoms with Crippen molar-refractivity contribution >= 4 is 11.6 Å². The Kier molecular flexibility index (Phi) is 5.23. The van der Waals surface area contributed by atoms with E-state index in [2.05, 4.69) is 22.0 Å². The number of hydrogen-bond donors (Lipinski definition) is 1. The first-order chi connectivity index (χ1) is 10.3. The van der Waals surface area contributed by atoms with Gasteiger partial charge in [-0.2, -0.15) is 5.10 Å². The van der Waals surface area contributed by atoms with Gasteiger partial charge in [0.2, 0.25) is 0 Å². The van der Waals surface area contributed by atoms with E-state index in [0.717, 1.165) is 36.5 Å². The van der Waals surface area contributed by atoms with Gasteiger partial charge in [0.15, 0.2) is 0 Å². The molecule has 0 saturated heterocycles. The molecule has 1 aromatic rings. The first-order valence-corrected chi connectivity index (χ1v) is 9.12. The van der Waals surface area contributed by atoms with Crippen molar-refractivity contribution in [2.75, 3.05) is 6.54 Å². The van der Waals surface area contributed by atoms with E-state index in [0.29, 0.717) is 5.92 Å². The highest BCUT2D eigenvalue weighted by Crippen LogP contribution is 2.39. The van der Waals surface area contributed by atoms with Crippen molar-refractivity contribution in [2.45, 2.75) is 76.8 Å². The maximum Gasteiger partial charge on any atom is 0.0820 e. The fourth-order valence-electron chi connectivity index (χ4n) is 3.72. The number of rotatable bonds is 6. The van der Waals surface area contributed by atoms with Crippen LogP contribution in [0.1, 0.15) is 69.9 Å². The zero-order valence-electron chi connectivity index (χ0n) is 13.2. The van der Waals surface area contributed by atoms with Crippen LogP contribution < -0.4 is 5.32 Å². The monoisotopic (exact) mass is 309 g/mol. The molecule has 2 fully saturated rings. The fourth-order valence-corrected chi connectivity index (χ4v) is 4.01. The van der Waals surface area contributed by atoms with Gasteiger partial charge >= 0.3 is 0 Å². The molecular formula is C17H28ClN3. The number of halogens is 1. The van der Waals surface area contributed by atoms with E-state index in [1.165, 1.54) is 50.6 Å². The second-order valence-corrected chi connectivity index (χ2v) is 7.20. The molecule has 0 spiro atoms. The number of nitrogens with one attached hydrogen (secondary N) is 1. The smallest absolute Gasteiger partial charge is 0.0820 e. The van der Waals surface area contributed by atoms with Gasteiger partial charge in [-0.25, -0.2) is 0 Å². The van der Waals surface area contributed by atoms with Crippen LogP contribution in [0, 0.1) is 5.92 Å². The second-order valence-electron chi connectivity index (χ2n) is 6.79. The minimum Gasteiger partial charge on any atom is -0.314 e. The molecule has 2 aliphatic carbocycles. The van der Waals surface area contributed by atoms with Gasteiger partial charge in [-0.15, -0.1) is 0 Å². The summed E-state index contributed by atoms with van der Waals surface area (Å²) in [6.45, 7) is 4.35. The third kappa shape index (κ3) is 3.81. The van der Waals surface area contributed by atoms with Crippen LogP contribution in [0.2, 0.25) is 5.02 Å². The minimum atomic E-state index is 0.584. The van der Waals surface area contributed by atoms with Crippen molar-refractivity contribution in [3.63, 3.8) is 0 Å². The molecule has 2 unspecified atom stereocenters. The Morgan fingerprint density at radius 1 is 1.24 bits per heavy atom. The van der Waals surface area contributed by atoms with E-state index in [1.807, 2.05) is 6.20 Å². The van der Waals surface area contributed by atoms with Gasteiger partial charge < -0.3 is 5.32 Å². The summed E-state index contributed by atoms with van der Waals surface area (Å²) in [4.78, 5) is 0. The van der Waals surface area contributed by atoms with Crippen LogP contribution in [0.4, 0.5) is 0 Å². The Bertz CT molecular complexity index is 453. The van der Waals surface area contributed by atoms with E-state index >= 15 is 0 Å². The standard InChI is InChI=1S/C17H28ClN3/c1-2-10-21-17(16(18)12-20-21)15-7-5-3-4-6-13(15)11-19-14-8-9-14/h12-15,19H,2-11H2,1H3. The summed E-state index contributed by atoms with van der Waals surface area (Å²) in [7, 11) is 0. The van der Waals surface area contributed by atoms with E-state index in [4.69, 9.17) is 11.6 Å². The second kappa shape index (κ2) is 7.15. The highest BCUT2D eigenvalue weighted by molar-refractivity contribution is 6.31. The maximum atomic E-state index is 6.50. The maximum absolute atomic E-state index is 6.50. The SMILES string of the molecule is CCCn1ncc(Cl)c1C1CCCCCC1CNC1CC1. The molecule has 2 atom stereocenters. The zero-order valence-corrected chi connectivity index (χ0v) is 13.9. The summed E-state index contributed by atoms with van der Waals surface area (Å²) in [5, 5.41) is 9.14. The Hall–Kier alpha value is -0.540. The van der Waals surface area contributed by atoms with Crippen molar-refractivity contribution in [3.05, 3.63) is 16.9 Å². The lowest BCUT2D eigenvalue weighted by Gasteiger charge is -2.27. The van der Waals surface area contributed by atoms with Crippen LogP contribution in [0.3, 0.4) is 0 Å². The molecule has 0 aromatic carbocycles. The molecule has 1 aromatic heterocycles. The first kappa shape index (κ1) is 15.4. The van der Waals surface area contributed by atoms with E-state index in [-0.39, 0.29) is 0 Å². The molecule has 1 N–H and O–H groups in total. The first-order valence-electron chi connectivity index (χ1n) is 8.74. The summed E-state index contributed by atoms with van der Waals surface area (Å²) < 4.78 is 2.17. The third-order valence-electron chi connectivity index (χ3n) is 5.03. The van der Waals surface area contributed by atoms with Gasteiger partial charge in [0.1, 0.15) is 0 Å². The lowest BCUT2D eigenvalue weighted by molar-refractivity contribution is 0.355. The predicted octanol–water partition coefficient (Wildman–Crippen LogP) is 4.36. The Labute approximate surface area is 133 Å². The lowest BCUT2D eigenvalue weighted by Crippen LogP contribution is -2.29. The average Bonchev–Trinajstić information content (AvgIpc) is 3.26. The van der Waals surface area contributed by atoms with Crippen molar-refractivity contribution in [2.24, 2.45) is 5.92 Å². The zero-order chi connectivity index (χ0) is 14.7. The topological polar surface area (TPSA) is 29.9 Å². The molecule has 118 valence electrons. The number of nitrogens with zero attached hydrogens (tertiary/aromatic N) is 2. The van der Waals surface area contributed by atoms with Gasteiger partial charge in [-0.3, -0.25) is 4.68 Å². The van der Waals surface area contributed by atoms with Crippen molar-refractivity contribution in [1.82, 2.24) is 15.1 Å². The van der Waals surface area contributed by atoms with Crippen LogP contribution in [-0.4, -0.2) is 22.4 Å². The van der Waals surface area contributed by atoms with Crippen molar-refractivity contribution < 1.29 is 0 Å². The highest BCUT2D eigenvalue weighted by Gasteiger charge is 2.31. The summed E-state index contributed by atoms with van der Waals surface area (Å²) in [5.74, 6) is 1.30. The summed E-state index contributed by atoms with van der Waals surface area (Å²) in [6.07, 6.45) is 12.4. The normalized spacial score (nSPS) is 26.8. The predicted molar refractivity (Wildman–Crippen MR) is 87.9 cm³/mol. The summed E-state index contributed by atoms with van der Waals surface area (Å²) >= 11 is 6.50. The Morgan fingerprint density at radius 3 is 2.81 bits per heavy atom. The van der Waals surface area contributed by atoms with Crippen LogP contribution in [-0.2, 0) is 6.54 Å². The number of aryl methyl sites for hydroxylation is 1. The quantitative estimate of drug-likeness (QED) is 0.791. The molecule has 1 heterocycles. The van der Waals surface area contributed by atoms with Crippen LogP contribution >= 0.6 is 11.6 Å². The molecule has 0 amide bonds. The van der Waals surface area contributed by atoms with Crippen molar-refractivity contribution in [1.29, 1.82) is 0 Å². The molecule has 2 saturated carbocycles. The largest absolute Gasteiger partial charge is 0.314 e. The minimum absolute atomic E-state index is 0.584. The van der Waals surface area contributed by atoms with Crippen LogP contribution in [0.25, 0.3) is 0 Å². The summed E-state index contributed by atoms with van der Waals surface area (Å²) in [5.41, 5.74) is 1.31. The Morgan fingerprint density at radius 2 is 2.05 bits per heavy atom. The van der Waals surface area contributed by atoms with Crippen molar-refractivity contribution in [3.8, 4) is 0 Å². The van der Waals surface area contributed by atoms with Crippen LogP contribution in [0.5, 0.6) is 0 Å². The van der Waals surface area contributed by atoms with Gasteiger partial charge in [-0.1, -0.05) is 37.8 Å². The fraction of sp³-hybridized carbons (Fsp3) is 0.824. The van der Waals surface area contributed by atoms with Gasteiger partial charge in [0.25, 0.3) is 0 Å². The molecule has 0 bridgehead atoms. The number of hydrogen-bond acceptors (Lipinski definition) is 2.